The van der Waals surface area contributed by atoms with E-state index in [0.717, 1.165) is 42.0 Å². The highest BCUT2D eigenvalue weighted by atomic mass is 15.5. The summed E-state index contributed by atoms with van der Waals surface area (Å²) in [4.78, 5) is 2.95. The van der Waals surface area contributed by atoms with Gasteiger partial charge in [0.2, 0.25) is 0 Å². The summed E-state index contributed by atoms with van der Waals surface area (Å²) in [6, 6.07) is 10.1. The van der Waals surface area contributed by atoms with E-state index in [4.69, 9.17) is 0 Å². The second-order valence-electron chi connectivity index (χ2n) is 11.3. The summed E-state index contributed by atoms with van der Waals surface area (Å²) in [6.45, 7) is 2.60. The summed E-state index contributed by atoms with van der Waals surface area (Å²) < 4.78 is 0. The molecule has 5 fully saturated rings. The number of nitrogens with zero attached hydrogens (tertiary/aromatic N) is 4. The SMILES string of the molecule is c1ccc2c(c1)C(Cc1nn[nH]n1)CC21CCN(C2C3CC4CC(C3)CC2C4)CC1. The molecule has 1 N–H and O–H groups in total. The number of nitrogens with one attached hydrogen (secondary N) is 1. The van der Waals surface area contributed by atoms with E-state index in [1.165, 1.54) is 58.0 Å². The largest absolute Gasteiger partial charge is 0.300 e. The van der Waals surface area contributed by atoms with Crippen LogP contribution in [0.1, 0.15) is 74.2 Å². The maximum absolute atomic E-state index is 4.25. The van der Waals surface area contributed by atoms with Crippen molar-refractivity contribution in [1.82, 2.24) is 25.5 Å². The first-order chi connectivity index (χ1) is 14.8. The Labute approximate surface area is 179 Å². The van der Waals surface area contributed by atoms with Gasteiger partial charge in [-0.15, -0.1) is 10.2 Å². The van der Waals surface area contributed by atoms with Crippen LogP contribution in [-0.2, 0) is 11.8 Å². The van der Waals surface area contributed by atoms with Gasteiger partial charge in [-0.2, -0.15) is 5.21 Å². The fourth-order valence-corrected chi connectivity index (χ4v) is 8.92. The minimum absolute atomic E-state index is 0.368. The van der Waals surface area contributed by atoms with E-state index >= 15 is 0 Å². The monoisotopic (exact) mass is 403 g/mol. The highest BCUT2D eigenvalue weighted by Crippen LogP contribution is 2.57. The number of aromatic amines is 1. The number of likely N-dealkylation sites (tertiary alicyclic amines) is 1. The predicted molar refractivity (Wildman–Crippen MR) is 115 cm³/mol. The number of rotatable bonds is 3. The minimum atomic E-state index is 0.368. The Balaban J connectivity index is 1.11. The molecule has 6 aliphatic rings. The summed E-state index contributed by atoms with van der Waals surface area (Å²) in [5.41, 5.74) is 3.54. The van der Waals surface area contributed by atoms with Crippen molar-refractivity contribution in [2.45, 2.75) is 75.2 Å². The number of tetrazole rings is 1. The van der Waals surface area contributed by atoms with Gasteiger partial charge in [-0.25, -0.2) is 0 Å². The molecule has 4 bridgehead atoms. The molecular formula is C25H33N5. The lowest BCUT2D eigenvalue weighted by Gasteiger charge is -2.58. The standard InChI is InChI=1S/C25H33N5/c1-2-4-22-21(3-1)20(14-23-26-28-29-27-23)15-25(22)5-7-30(8-6-25)24-18-10-16-9-17(12-18)13-19(24)11-16/h1-4,16-20,24H,5-15H2,(H,26,27,28,29). The molecule has 5 heteroatoms. The zero-order chi connectivity index (χ0) is 19.7. The summed E-state index contributed by atoms with van der Waals surface area (Å²) in [5.74, 6) is 5.57. The van der Waals surface area contributed by atoms with Crippen molar-refractivity contribution < 1.29 is 0 Å². The van der Waals surface area contributed by atoms with Gasteiger partial charge in [0.15, 0.2) is 5.82 Å². The topological polar surface area (TPSA) is 57.7 Å². The van der Waals surface area contributed by atoms with Crippen LogP contribution in [0.5, 0.6) is 0 Å². The van der Waals surface area contributed by atoms with Crippen LogP contribution < -0.4 is 0 Å². The highest BCUT2D eigenvalue weighted by Gasteiger charge is 2.52. The maximum atomic E-state index is 4.25. The Kier molecular flexibility index (Phi) is 3.95. The second kappa shape index (κ2) is 6.62. The summed E-state index contributed by atoms with van der Waals surface area (Å²) in [7, 11) is 0. The Morgan fingerprint density at radius 2 is 1.70 bits per heavy atom. The average Bonchev–Trinajstić information content (AvgIpc) is 3.36. The number of benzene rings is 1. The number of fused-ring (bicyclic) bond motifs is 2. The highest BCUT2D eigenvalue weighted by molar-refractivity contribution is 5.43. The molecule has 2 heterocycles. The van der Waals surface area contributed by atoms with E-state index < -0.39 is 0 Å². The van der Waals surface area contributed by atoms with E-state index in [0.29, 0.717) is 11.3 Å². The van der Waals surface area contributed by atoms with Gasteiger partial charge in [-0.05, 0) is 111 Å². The molecule has 8 rings (SSSR count). The summed E-state index contributed by atoms with van der Waals surface area (Å²) in [6.07, 6.45) is 12.5. The van der Waals surface area contributed by atoms with Gasteiger partial charge in [0.1, 0.15) is 0 Å². The zero-order valence-electron chi connectivity index (χ0n) is 17.8. The van der Waals surface area contributed by atoms with Gasteiger partial charge in [-0.3, -0.25) is 4.90 Å². The molecule has 5 aliphatic carbocycles. The molecular weight excluding hydrogens is 370 g/mol. The third kappa shape index (κ3) is 2.66. The van der Waals surface area contributed by atoms with Gasteiger partial charge < -0.3 is 0 Å². The van der Waals surface area contributed by atoms with Crippen molar-refractivity contribution in [3.05, 3.63) is 41.2 Å². The van der Waals surface area contributed by atoms with E-state index in [-0.39, 0.29) is 0 Å². The van der Waals surface area contributed by atoms with E-state index in [1.807, 2.05) is 0 Å². The third-order valence-corrected chi connectivity index (χ3v) is 9.78. The van der Waals surface area contributed by atoms with Crippen molar-refractivity contribution in [2.24, 2.45) is 23.7 Å². The first-order valence-electron chi connectivity index (χ1n) is 12.3. The molecule has 1 atom stereocenters. The van der Waals surface area contributed by atoms with Crippen LogP contribution in [0.3, 0.4) is 0 Å². The quantitative estimate of drug-likeness (QED) is 0.839. The van der Waals surface area contributed by atoms with Crippen LogP contribution in [0.2, 0.25) is 0 Å². The maximum Gasteiger partial charge on any atom is 0.175 e. The average molecular weight is 404 g/mol. The molecule has 158 valence electrons. The van der Waals surface area contributed by atoms with Crippen LogP contribution >= 0.6 is 0 Å². The molecule has 4 saturated carbocycles. The van der Waals surface area contributed by atoms with Crippen LogP contribution in [0.15, 0.2) is 24.3 Å². The van der Waals surface area contributed by atoms with Crippen LogP contribution in [-0.4, -0.2) is 44.7 Å². The molecule has 1 spiro atoms. The zero-order valence-corrected chi connectivity index (χ0v) is 17.8. The Morgan fingerprint density at radius 1 is 0.967 bits per heavy atom. The van der Waals surface area contributed by atoms with E-state index in [2.05, 4.69) is 49.8 Å². The van der Waals surface area contributed by atoms with Crippen LogP contribution in [0.25, 0.3) is 0 Å². The molecule has 1 unspecified atom stereocenters. The predicted octanol–water partition coefficient (Wildman–Crippen LogP) is 4.09. The Bertz CT molecular complexity index is 885. The Hall–Kier alpha value is -1.75. The molecule has 2 aromatic rings. The molecule has 1 saturated heterocycles. The molecule has 1 aromatic heterocycles. The number of hydrogen-bond acceptors (Lipinski definition) is 4. The molecule has 30 heavy (non-hydrogen) atoms. The van der Waals surface area contributed by atoms with Gasteiger partial charge in [0.05, 0.1) is 0 Å². The van der Waals surface area contributed by atoms with Crippen molar-refractivity contribution in [3.63, 3.8) is 0 Å². The summed E-state index contributed by atoms with van der Waals surface area (Å²) in [5, 5.41) is 14.9. The smallest absolute Gasteiger partial charge is 0.175 e. The van der Waals surface area contributed by atoms with Crippen molar-refractivity contribution in [3.8, 4) is 0 Å². The first kappa shape index (κ1) is 17.9. The second-order valence-corrected chi connectivity index (χ2v) is 11.3. The van der Waals surface area contributed by atoms with Crippen molar-refractivity contribution in [1.29, 1.82) is 0 Å². The third-order valence-electron chi connectivity index (χ3n) is 9.78. The normalized spacial score (nSPS) is 38.9. The van der Waals surface area contributed by atoms with Crippen LogP contribution in [0, 0.1) is 23.7 Å². The molecule has 5 nitrogen and oxygen atoms in total. The van der Waals surface area contributed by atoms with Crippen LogP contribution in [0.4, 0.5) is 0 Å². The lowest BCUT2D eigenvalue weighted by molar-refractivity contribution is -0.0756. The van der Waals surface area contributed by atoms with E-state index in [9.17, 15) is 0 Å². The molecule has 0 amide bonds. The lowest BCUT2D eigenvalue weighted by atomic mass is 9.53. The Morgan fingerprint density at radius 3 is 2.40 bits per heavy atom. The fourth-order valence-electron chi connectivity index (χ4n) is 8.92. The number of hydrogen-bond donors (Lipinski definition) is 1. The van der Waals surface area contributed by atoms with Crippen molar-refractivity contribution in [2.75, 3.05) is 13.1 Å². The fraction of sp³-hybridized carbons (Fsp3) is 0.720. The number of piperidine rings is 1. The van der Waals surface area contributed by atoms with E-state index in [1.54, 1.807) is 17.5 Å². The summed E-state index contributed by atoms with van der Waals surface area (Å²) >= 11 is 0. The molecule has 1 aromatic carbocycles. The lowest BCUT2D eigenvalue weighted by Crippen LogP contribution is -2.58. The van der Waals surface area contributed by atoms with Gasteiger partial charge in [-0.1, -0.05) is 29.5 Å². The molecule has 1 aliphatic heterocycles. The van der Waals surface area contributed by atoms with Gasteiger partial charge in [0, 0.05) is 12.5 Å². The van der Waals surface area contributed by atoms with Crippen molar-refractivity contribution >= 4 is 0 Å². The molecule has 0 radical (unpaired) electrons. The minimum Gasteiger partial charge on any atom is -0.300 e. The number of aromatic nitrogens is 4. The van der Waals surface area contributed by atoms with Gasteiger partial charge >= 0.3 is 0 Å². The number of H-pyrrole nitrogens is 1. The van der Waals surface area contributed by atoms with Gasteiger partial charge in [0.25, 0.3) is 0 Å². The first-order valence-corrected chi connectivity index (χ1v) is 12.3.